The van der Waals surface area contributed by atoms with Crippen molar-refractivity contribution >= 4 is 23.7 Å². The van der Waals surface area contributed by atoms with E-state index in [9.17, 15) is 18.0 Å². The van der Waals surface area contributed by atoms with Crippen LogP contribution in [0.4, 0.5) is 13.2 Å². The van der Waals surface area contributed by atoms with Gasteiger partial charge in [-0.15, -0.1) is 0 Å². The van der Waals surface area contributed by atoms with Crippen LogP contribution in [0.15, 0.2) is 58.2 Å². The monoisotopic (exact) mass is 466 g/mol. The third-order valence-electron chi connectivity index (χ3n) is 4.23. The van der Waals surface area contributed by atoms with Gasteiger partial charge in [0, 0.05) is 40.4 Å². The Balaban J connectivity index is 1.47. The Hall–Kier alpha value is -3.40. The van der Waals surface area contributed by atoms with E-state index in [-0.39, 0.29) is 29.8 Å². The number of carbonyl (C=O) groups is 1. The van der Waals surface area contributed by atoms with Crippen LogP contribution in [0.5, 0.6) is 0 Å². The second kappa shape index (κ2) is 10.3. The molecule has 1 unspecified atom stereocenters. The van der Waals surface area contributed by atoms with Crippen molar-refractivity contribution in [1.82, 2.24) is 15.5 Å². The first-order valence-corrected chi connectivity index (χ1v) is 9.80. The minimum absolute atomic E-state index is 0.107. The van der Waals surface area contributed by atoms with Crippen LogP contribution >= 0.6 is 11.6 Å². The summed E-state index contributed by atoms with van der Waals surface area (Å²) < 4.78 is 41.9. The van der Waals surface area contributed by atoms with Crippen LogP contribution in [0.3, 0.4) is 0 Å². The fraction of sp³-hybridized carbons (Fsp3) is 0.238. The van der Waals surface area contributed by atoms with Gasteiger partial charge in [0.1, 0.15) is 6.61 Å². The lowest BCUT2D eigenvalue weighted by Gasteiger charge is -2.09. The number of carbonyl (C=O) groups excluding carboxylic acids is 1. The van der Waals surface area contributed by atoms with Gasteiger partial charge in [-0.1, -0.05) is 59.2 Å². The van der Waals surface area contributed by atoms with Gasteiger partial charge in [0.15, 0.2) is 0 Å². The largest absolute Gasteiger partial charge is 0.471 e. The summed E-state index contributed by atoms with van der Waals surface area (Å²) in [6, 6.07) is 13.1. The SMILES string of the molecule is CC(C=NOCc1ccccc1Cl)CNC(=O)c1ccc(-c2noc(C(F)(F)F)n2)cc1. The van der Waals surface area contributed by atoms with Crippen molar-refractivity contribution in [3.05, 3.63) is 70.6 Å². The van der Waals surface area contributed by atoms with E-state index < -0.39 is 12.1 Å². The first-order chi connectivity index (χ1) is 15.2. The maximum absolute atomic E-state index is 12.6. The van der Waals surface area contributed by atoms with E-state index in [0.717, 1.165) is 5.56 Å². The van der Waals surface area contributed by atoms with Crippen LogP contribution in [-0.4, -0.2) is 28.8 Å². The lowest BCUT2D eigenvalue weighted by molar-refractivity contribution is -0.159. The molecule has 0 aliphatic rings. The number of nitrogens with zero attached hydrogens (tertiary/aromatic N) is 3. The molecule has 32 heavy (non-hydrogen) atoms. The normalized spacial score (nSPS) is 12.7. The van der Waals surface area contributed by atoms with Crippen molar-refractivity contribution in [3.8, 4) is 11.4 Å². The number of benzene rings is 2. The lowest BCUT2D eigenvalue weighted by atomic mass is 10.1. The number of aromatic nitrogens is 2. The Labute approximate surface area is 186 Å². The van der Waals surface area contributed by atoms with Crippen molar-refractivity contribution < 1.29 is 27.3 Å². The summed E-state index contributed by atoms with van der Waals surface area (Å²) in [7, 11) is 0. The molecule has 0 saturated heterocycles. The van der Waals surface area contributed by atoms with E-state index in [1.54, 1.807) is 12.3 Å². The van der Waals surface area contributed by atoms with Crippen LogP contribution in [-0.2, 0) is 17.6 Å². The van der Waals surface area contributed by atoms with Crippen molar-refractivity contribution in [2.75, 3.05) is 6.54 Å². The molecule has 168 valence electrons. The average Bonchev–Trinajstić information content (AvgIpc) is 3.27. The van der Waals surface area contributed by atoms with E-state index in [2.05, 4.69) is 25.1 Å². The number of hydrogen-bond acceptors (Lipinski definition) is 6. The smallest absolute Gasteiger partial charge is 0.391 e. The molecule has 0 saturated carbocycles. The number of halogens is 4. The first kappa shape index (κ1) is 23.3. The molecule has 0 bridgehead atoms. The third-order valence-corrected chi connectivity index (χ3v) is 4.59. The highest BCUT2D eigenvalue weighted by Crippen LogP contribution is 2.29. The van der Waals surface area contributed by atoms with Gasteiger partial charge < -0.3 is 14.7 Å². The zero-order valence-corrected chi connectivity index (χ0v) is 17.5. The van der Waals surface area contributed by atoms with Crippen molar-refractivity contribution in [1.29, 1.82) is 0 Å². The molecule has 0 aliphatic heterocycles. The van der Waals surface area contributed by atoms with Gasteiger partial charge in [-0.25, -0.2) is 0 Å². The summed E-state index contributed by atoms with van der Waals surface area (Å²) in [6.07, 6.45) is -3.15. The molecular formula is C21H18ClF3N4O3. The number of nitrogens with one attached hydrogen (secondary N) is 1. The van der Waals surface area contributed by atoms with Crippen molar-refractivity contribution in [3.63, 3.8) is 0 Å². The molecule has 1 aromatic heterocycles. The zero-order chi connectivity index (χ0) is 23.1. The van der Waals surface area contributed by atoms with E-state index in [0.29, 0.717) is 17.1 Å². The van der Waals surface area contributed by atoms with E-state index in [1.165, 1.54) is 24.3 Å². The summed E-state index contributed by atoms with van der Waals surface area (Å²) in [5, 5.41) is 10.5. The molecule has 1 atom stereocenters. The molecule has 1 heterocycles. The van der Waals surface area contributed by atoms with Gasteiger partial charge >= 0.3 is 12.1 Å². The Morgan fingerprint density at radius 3 is 2.62 bits per heavy atom. The fourth-order valence-electron chi connectivity index (χ4n) is 2.50. The third kappa shape index (κ3) is 6.30. The van der Waals surface area contributed by atoms with Crippen molar-refractivity contribution in [2.45, 2.75) is 19.7 Å². The number of rotatable bonds is 8. The van der Waals surface area contributed by atoms with Gasteiger partial charge in [0.05, 0.1) is 0 Å². The second-order valence-electron chi connectivity index (χ2n) is 6.80. The molecule has 11 heteroatoms. The standard InChI is InChI=1S/C21H18ClF3N4O3/c1-13(11-27-31-12-16-4-2-3-5-17(16)22)10-26-19(30)15-8-6-14(7-9-15)18-28-20(32-29-18)21(23,24)25/h2-9,11,13H,10,12H2,1H3,(H,26,30). The van der Waals surface area contributed by atoms with Gasteiger partial charge in [0.2, 0.25) is 5.82 Å². The molecule has 0 fully saturated rings. The summed E-state index contributed by atoms with van der Waals surface area (Å²) in [4.78, 5) is 20.8. The topological polar surface area (TPSA) is 89.6 Å². The number of amides is 1. The van der Waals surface area contributed by atoms with Gasteiger partial charge in [-0.3, -0.25) is 4.79 Å². The van der Waals surface area contributed by atoms with Gasteiger partial charge in [0.25, 0.3) is 5.91 Å². The molecule has 1 amide bonds. The molecule has 7 nitrogen and oxygen atoms in total. The highest BCUT2D eigenvalue weighted by Gasteiger charge is 2.38. The van der Waals surface area contributed by atoms with Gasteiger partial charge in [-0.05, 0) is 18.2 Å². The van der Waals surface area contributed by atoms with Crippen LogP contribution in [0.1, 0.15) is 28.7 Å². The number of alkyl halides is 3. The van der Waals surface area contributed by atoms with E-state index >= 15 is 0 Å². The molecule has 3 aromatic rings. The lowest BCUT2D eigenvalue weighted by Crippen LogP contribution is -2.28. The Kier molecular flexibility index (Phi) is 7.47. The predicted octanol–water partition coefficient (Wildman–Crippen LogP) is 4.98. The Bertz CT molecular complexity index is 1080. The van der Waals surface area contributed by atoms with Crippen LogP contribution in [0.25, 0.3) is 11.4 Å². The summed E-state index contributed by atoms with van der Waals surface area (Å²) in [5.74, 6) is -2.10. The Morgan fingerprint density at radius 1 is 1.25 bits per heavy atom. The Morgan fingerprint density at radius 2 is 1.97 bits per heavy atom. The molecule has 0 spiro atoms. The maximum Gasteiger partial charge on any atom is 0.471 e. The molecule has 3 rings (SSSR count). The van der Waals surface area contributed by atoms with Crippen molar-refractivity contribution in [2.24, 2.45) is 11.1 Å². The average molecular weight is 467 g/mol. The highest BCUT2D eigenvalue weighted by molar-refractivity contribution is 6.31. The first-order valence-electron chi connectivity index (χ1n) is 9.42. The number of hydrogen-bond donors (Lipinski definition) is 1. The minimum Gasteiger partial charge on any atom is -0.391 e. The zero-order valence-electron chi connectivity index (χ0n) is 16.8. The van der Waals surface area contributed by atoms with Crippen LogP contribution in [0, 0.1) is 5.92 Å². The summed E-state index contributed by atoms with van der Waals surface area (Å²) in [6.45, 7) is 2.38. The maximum atomic E-state index is 12.6. The predicted molar refractivity (Wildman–Crippen MR) is 111 cm³/mol. The van der Waals surface area contributed by atoms with Gasteiger partial charge in [-0.2, -0.15) is 18.2 Å². The van der Waals surface area contributed by atoms with E-state index in [4.69, 9.17) is 16.4 Å². The molecule has 1 N–H and O–H groups in total. The minimum atomic E-state index is -4.72. The van der Waals surface area contributed by atoms with E-state index in [1.807, 2.05) is 25.1 Å². The number of oxime groups is 1. The van der Waals surface area contributed by atoms with Crippen LogP contribution < -0.4 is 5.32 Å². The highest BCUT2D eigenvalue weighted by atomic mass is 35.5. The molecular weight excluding hydrogens is 449 g/mol. The molecule has 0 radical (unpaired) electrons. The molecule has 0 aliphatic carbocycles. The van der Waals surface area contributed by atoms with Crippen LogP contribution in [0.2, 0.25) is 5.02 Å². The second-order valence-corrected chi connectivity index (χ2v) is 7.21. The fourth-order valence-corrected chi connectivity index (χ4v) is 2.69. The summed E-state index contributed by atoms with van der Waals surface area (Å²) >= 11 is 6.04. The quantitative estimate of drug-likeness (QED) is 0.373. The summed E-state index contributed by atoms with van der Waals surface area (Å²) in [5.41, 5.74) is 1.43. The molecule has 2 aromatic carbocycles.